The summed E-state index contributed by atoms with van der Waals surface area (Å²) in [7, 11) is 0. The number of fused-ring (bicyclic) bond motifs is 1. The molecule has 9 heteroatoms. The molecule has 140 valence electrons. The Morgan fingerprint density at radius 1 is 1.30 bits per heavy atom. The first-order chi connectivity index (χ1) is 12.9. The van der Waals surface area contributed by atoms with Crippen LogP contribution in [-0.2, 0) is 12.6 Å². The molecule has 6 nitrogen and oxygen atoms in total. The van der Waals surface area contributed by atoms with Crippen LogP contribution >= 0.6 is 0 Å². The summed E-state index contributed by atoms with van der Waals surface area (Å²) >= 11 is 0. The van der Waals surface area contributed by atoms with Crippen LogP contribution in [0.15, 0.2) is 36.7 Å². The van der Waals surface area contributed by atoms with Crippen molar-refractivity contribution >= 4 is 17.2 Å². The molecule has 27 heavy (non-hydrogen) atoms. The molecule has 1 saturated carbocycles. The lowest BCUT2D eigenvalue weighted by Gasteiger charge is -2.11. The average Bonchev–Trinajstić information content (AvgIpc) is 3.37. The molecule has 0 atom stereocenters. The third-order valence-corrected chi connectivity index (χ3v) is 4.38. The Balaban J connectivity index is 1.66. The molecule has 1 aliphatic carbocycles. The molecule has 3 aromatic heterocycles. The summed E-state index contributed by atoms with van der Waals surface area (Å²) in [5.41, 5.74) is -0.345. The van der Waals surface area contributed by atoms with Gasteiger partial charge in [0.15, 0.2) is 17.3 Å². The van der Waals surface area contributed by atoms with Crippen molar-refractivity contribution in [2.24, 2.45) is 5.92 Å². The summed E-state index contributed by atoms with van der Waals surface area (Å²) in [6.07, 6.45) is 0.514. The summed E-state index contributed by atoms with van der Waals surface area (Å²) in [6, 6.07) is 5.22. The van der Waals surface area contributed by atoms with Crippen molar-refractivity contribution in [3.05, 3.63) is 53.6 Å². The number of Topliss-reactive ketones (excluding diaryl/α,β-unsaturated/α-hetero) is 1. The molecule has 1 N–H and O–H groups in total. The highest BCUT2D eigenvalue weighted by Gasteiger charge is 2.32. The number of anilines is 1. The lowest BCUT2D eigenvalue weighted by molar-refractivity contribution is -0.137. The number of pyridine rings is 2. The van der Waals surface area contributed by atoms with Crippen LogP contribution in [0, 0.1) is 5.92 Å². The largest absolute Gasteiger partial charge is 0.416 e. The monoisotopic (exact) mass is 375 g/mol. The standard InChI is InChI=1S/C18H16F3N5O/c19-18(20,21)13-6-16(23-9-11-3-4-11)26-17(7-13)24-15(25-26)8-14(27)12-2-1-5-22-10-12/h1-2,5-7,10-11,23H,3-4,8-9H2. The molecule has 3 heterocycles. The summed E-state index contributed by atoms with van der Waals surface area (Å²) in [4.78, 5) is 20.3. The van der Waals surface area contributed by atoms with Crippen LogP contribution in [0.25, 0.3) is 5.65 Å². The molecule has 1 aliphatic rings. The maximum atomic E-state index is 13.2. The van der Waals surface area contributed by atoms with Gasteiger partial charge in [-0.25, -0.2) is 4.98 Å². The van der Waals surface area contributed by atoms with Crippen LogP contribution in [0.4, 0.5) is 19.0 Å². The third kappa shape index (κ3) is 3.91. The van der Waals surface area contributed by atoms with Gasteiger partial charge >= 0.3 is 6.18 Å². The molecule has 0 aromatic carbocycles. The molecule has 0 spiro atoms. The highest BCUT2D eigenvalue weighted by Crippen LogP contribution is 2.33. The first kappa shape index (κ1) is 17.4. The van der Waals surface area contributed by atoms with Gasteiger partial charge in [-0.3, -0.25) is 9.78 Å². The SMILES string of the molecule is O=C(Cc1nc2cc(C(F)(F)F)cc(NCC3CC3)n2n1)c1cccnc1. The van der Waals surface area contributed by atoms with E-state index in [-0.39, 0.29) is 29.5 Å². The van der Waals surface area contributed by atoms with Gasteiger partial charge in [-0.1, -0.05) is 0 Å². The Bertz CT molecular complexity index is 980. The van der Waals surface area contributed by atoms with E-state index in [0.717, 1.165) is 25.0 Å². The van der Waals surface area contributed by atoms with Gasteiger partial charge in [0.1, 0.15) is 5.82 Å². The molecule has 0 bridgehead atoms. The number of aromatic nitrogens is 4. The number of carbonyl (C=O) groups excluding carboxylic acids is 1. The van der Waals surface area contributed by atoms with E-state index in [0.29, 0.717) is 18.0 Å². The number of hydrogen-bond donors (Lipinski definition) is 1. The van der Waals surface area contributed by atoms with E-state index < -0.39 is 11.7 Å². The molecule has 0 aliphatic heterocycles. The van der Waals surface area contributed by atoms with E-state index in [2.05, 4.69) is 20.4 Å². The minimum absolute atomic E-state index is 0.0529. The quantitative estimate of drug-likeness (QED) is 0.669. The summed E-state index contributed by atoms with van der Waals surface area (Å²) < 4.78 is 40.9. The molecule has 0 amide bonds. The normalized spacial score (nSPS) is 14.5. The summed E-state index contributed by atoms with van der Waals surface area (Å²) in [5, 5.41) is 7.26. The highest BCUT2D eigenvalue weighted by molar-refractivity contribution is 5.96. The molecular weight excluding hydrogens is 359 g/mol. The minimum Gasteiger partial charge on any atom is -0.370 e. The minimum atomic E-state index is -4.49. The molecule has 1 fully saturated rings. The zero-order chi connectivity index (χ0) is 19.0. The number of nitrogens with one attached hydrogen (secondary N) is 1. The van der Waals surface area contributed by atoms with E-state index >= 15 is 0 Å². The maximum Gasteiger partial charge on any atom is 0.416 e. The summed E-state index contributed by atoms with van der Waals surface area (Å²) in [6.45, 7) is 0.584. The van der Waals surface area contributed by atoms with Crippen molar-refractivity contribution in [1.29, 1.82) is 0 Å². The zero-order valence-corrected chi connectivity index (χ0v) is 14.2. The van der Waals surface area contributed by atoms with Crippen LogP contribution in [0.5, 0.6) is 0 Å². The van der Waals surface area contributed by atoms with Crippen molar-refractivity contribution in [3.63, 3.8) is 0 Å². The van der Waals surface area contributed by atoms with E-state index in [9.17, 15) is 18.0 Å². The predicted octanol–water partition coefficient (Wildman–Crippen LogP) is 3.39. The number of halogens is 3. The van der Waals surface area contributed by atoms with E-state index in [1.807, 2.05) is 0 Å². The van der Waals surface area contributed by atoms with Crippen molar-refractivity contribution in [2.75, 3.05) is 11.9 Å². The fourth-order valence-corrected chi connectivity index (χ4v) is 2.74. The van der Waals surface area contributed by atoms with Gasteiger partial charge in [0.25, 0.3) is 0 Å². The van der Waals surface area contributed by atoms with Gasteiger partial charge < -0.3 is 5.32 Å². The predicted molar refractivity (Wildman–Crippen MR) is 91.5 cm³/mol. The average molecular weight is 375 g/mol. The molecule has 0 radical (unpaired) electrons. The molecule has 0 unspecified atom stereocenters. The van der Waals surface area contributed by atoms with E-state index in [1.54, 1.807) is 18.3 Å². The Hall–Kier alpha value is -2.97. The number of hydrogen-bond acceptors (Lipinski definition) is 5. The second-order valence-corrected chi connectivity index (χ2v) is 6.59. The van der Waals surface area contributed by atoms with E-state index in [1.165, 1.54) is 10.7 Å². The molecule has 0 saturated heterocycles. The fraction of sp³-hybridized carbons (Fsp3) is 0.333. The smallest absolute Gasteiger partial charge is 0.370 e. The topological polar surface area (TPSA) is 72.2 Å². The number of ketones is 1. The van der Waals surface area contributed by atoms with Crippen LogP contribution in [0.2, 0.25) is 0 Å². The highest BCUT2D eigenvalue weighted by atomic mass is 19.4. The summed E-state index contributed by atoms with van der Waals surface area (Å²) in [5.74, 6) is 0.615. The van der Waals surface area contributed by atoms with Gasteiger partial charge in [-0.15, -0.1) is 5.10 Å². The lowest BCUT2D eigenvalue weighted by atomic mass is 10.1. The number of rotatable bonds is 6. The van der Waals surface area contributed by atoms with Gasteiger partial charge in [0, 0.05) is 24.5 Å². The van der Waals surface area contributed by atoms with Crippen LogP contribution < -0.4 is 5.32 Å². The maximum absolute atomic E-state index is 13.2. The third-order valence-electron chi connectivity index (χ3n) is 4.38. The first-order valence-corrected chi connectivity index (χ1v) is 8.54. The van der Waals surface area contributed by atoms with E-state index in [4.69, 9.17) is 0 Å². The lowest BCUT2D eigenvalue weighted by Crippen LogP contribution is -2.12. The van der Waals surface area contributed by atoms with Crippen molar-refractivity contribution in [3.8, 4) is 0 Å². The van der Waals surface area contributed by atoms with Crippen LogP contribution in [0.3, 0.4) is 0 Å². The number of nitrogens with zero attached hydrogens (tertiary/aromatic N) is 4. The van der Waals surface area contributed by atoms with Gasteiger partial charge in [-0.05, 0) is 43.0 Å². The second-order valence-electron chi connectivity index (χ2n) is 6.59. The van der Waals surface area contributed by atoms with Crippen molar-refractivity contribution in [1.82, 2.24) is 19.6 Å². The Morgan fingerprint density at radius 2 is 2.11 bits per heavy atom. The van der Waals surface area contributed by atoms with Gasteiger partial charge in [0.2, 0.25) is 0 Å². The number of carbonyl (C=O) groups is 1. The van der Waals surface area contributed by atoms with Gasteiger partial charge in [0.05, 0.1) is 12.0 Å². The molecule has 3 aromatic rings. The Labute approximate surface area is 152 Å². The van der Waals surface area contributed by atoms with Crippen molar-refractivity contribution in [2.45, 2.75) is 25.4 Å². The molecule has 4 rings (SSSR count). The Kier molecular flexibility index (Phi) is 4.29. The molecular formula is C18H16F3N5O. The van der Waals surface area contributed by atoms with Crippen LogP contribution in [-0.4, -0.2) is 31.9 Å². The zero-order valence-electron chi connectivity index (χ0n) is 14.2. The fourth-order valence-electron chi connectivity index (χ4n) is 2.74. The second kappa shape index (κ2) is 6.64. The Morgan fingerprint density at radius 3 is 2.78 bits per heavy atom. The number of alkyl halides is 3. The van der Waals surface area contributed by atoms with Gasteiger partial charge in [-0.2, -0.15) is 17.7 Å². The van der Waals surface area contributed by atoms with Crippen LogP contribution in [0.1, 0.15) is 34.6 Å². The first-order valence-electron chi connectivity index (χ1n) is 8.54. The van der Waals surface area contributed by atoms with Crippen molar-refractivity contribution < 1.29 is 18.0 Å².